The lowest BCUT2D eigenvalue weighted by atomic mass is 9.74. The van der Waals surface area contributed by atoms with E-state index in [0.717, 1.165) is 7.96 Å². The molecule has 0 aliphatic heterocycles. The molecule has 2 rings (SSSR count). The highest BCUT2D eigenvalue weighted by Gasteiger charge is 2.31. The quantitative estimate of drug-likeness (QED) is 0.712. The van der Waals surface area contributed by atoms with Crippen molar-refractivity contribution in [3.05, 3.63) is 23.4 Å². The van der Waals surface area contributed by atoms with Crippen molar-refractivity contribution in [3.63, 3.8) is 0 Å². The molecule has 0 bridgehead atoms. The van der Waals surface area contributed by atoms with Crippen LogP contribution in [0.4, 0.5) is 0 Å². The van der Waals surface area contributed by atoms with Gasteiger partial charge in [0, 0.05) is 5.39 Å². The van der Waals surface area contributed by atoms with E-state index in [1.165, 1.54) is 27.3 Å². The van der Waals surface area contributed by atoms with Crippen LogP contribution in [0.2, 0.25) is 0 Å². The van der Waals surface area contributed by atoms with Crippen molar-refractivity contribution in [2.24, 2.45) is 0 Å². The van der Waals surface area contributed by atoms with Gasteiger partial charge in [-0.1, -0.05) is 49.5 Å². The van der Waals surface area contributed by atoms with E-state index in [1.807, 2.05) is 6.20 Å². The number of H-pyrrole nitrogens is 1. The molecule has 1 N–H and O–H groups in total. The summed E-state index contributed by atoms with van der Waals surface area (Å²) in [7, 11) is 6.63. The standard InChI is InChI=1S/C15H26N2P4/c1-14(2,3)12-9-8-16-17-10(9)7-11(21(19)20-18)13(12)15(4,5)6/h7-8,20H,18-19H2,1-6H3,(H,16,17). The third kappa shape index (κ3) is 3.51. The summed E-state index contributed by atoms with van der Waals surface area (Å²) in [6.45, 7) is 13.9. The first kappa shape index (κ1) is 17.8. The van der Waals surface area contributed by atoms with Gasteiger partial charge in [0.1, 0.15) is 0 Å². The second kappa shape index (κ2) is 6.13. The fraction of sp³-hybridized carbons (Fsp3) is 0.533. The Balaban J connectivity index is 2.96. The maximum Gasteiger partial charge on any atom is 0.0660 e. The predicted octanol–water partition coefficient (Wildman–Crippen LogP) is 5.44. The second-order valence-electron chi connectivity index (χ2n) is 7.48. The number of aromatic amines is 1. The molecule has 0 amide bonds. The first-order chi connectivity index (χ1) is 9.57. The van der Waals surface area contributed by atoms with E-state index in [1.54, 1.807) is 0 Å². The molecule has 2 aromatic rings. The molecule has 0 saturated carbocycles. The second-order valence-corrected chi connectivity index (χ2v) is 16.6. The zero-order valence-electron chi connectivity index (χ0n) is 13.7. The minimum absolute atomic E-state index is 0.103. The van der Waals surface area contributed by atoms with Gasteiger partial charge in [-0.2, -0.15) is 5.10 Å². The van der Waals surface area contributed by atoms with Crippen LogP contribution in [0, 0.1) is 0 Å². The Bertz CT molecular complexity index is 650. The largest absolute Gasteiger partial charge is 0.278 e. The molecular weight excluding hydrogens is 332 g/mol. The van der Waals surface area contributed by atoms with Crippen LogP contribution >= 0.6 is 33.1 Å². The average Bonchev–Trinajstić information content (AvgIpc) is 2.80. The minimum Gasteiger partial charge on any atom is -0.278 e. The average molecular weight is 358 g/mol. The summed E-state index contributed by atoms with van der Waals surface area (Å²) in [6.07, 6.45) is 1.99. The summed E-state index contributed by atoms with van der Waals surface area (Å²) in [5.41, 5.74) is 4.37. The minimum atomic E-state index is -0.217. The number of hydrogen-bond donors (Lipinski definition) is 1. The third-order valence-electron chi connectivity index (χ3n) is 3.62. The van der Waals surface area contributed by atoms with Gasteiger partial charge in [-0.3, -0.25) is 5.10 Å². The van der Waals surface area contributed by atoms with Crippen molar-refractivity contribution >= 4 is 49.3 Å². The smallest absolute Gasteiger partial charge is 0.0660 e. The summed E-state index contributed by atoms with van der Waals surface area (Å²) in [5, 5.41) is 10.2. The van der Waals surface area contributed by atoms with Gasteiger partial charge in [-0.25, -0.2) is 0 Å². The van der Waals surface area contributed by atoms with E-state index >= 15 is 0 Å². The molecule has 0 saturated heterocycles. The lowest BCUT2D eigenvalue weighted by Gasteiger charge is -2.34. The first-order valence-corrected chi connectivity index (χ1v) is 13.7. The SMILES string of the molecule is CC(C)(C)c1c(P(P)PP)cc2[nH]ncc2c1C(C)(C)C. The number of nitrogens with zero attached hydrogens (tertiary/aromatic N) is 1. The summed E-state index contributed by atoms with van der Waals surface area (Å²) in [4.78, 5) is 0. The molecule has 0 aliphatic carbocycles. The maximum atomic E-state index is 4.30. The fourth-order valence-corrected chi connectivity index (χ4v) is 6.78. The summed E-state index contributed by atoms with van der Waals surface area (Å²) >= 11 is 0. The number of nitrogens with one attached hydrogen (secondary N) is 1. The zero-order chi connectivity index (χ0) is 16.0. The molecule has 116 valence electrons. The number of aromatic nitrogens is 2. The van der Waals surface area contributed by atoms with Crippen molar-refractivity contribution < 1.29 is 0 Å². The molecule has 2 nitrogen and oxygen atoms in total. The van der Waals surface area contributed by atoms with Crippen LogP contribution in [0.3, 0.4) is 0 Å². The van der Waals surface area contributed by atoms with Crippen molar-refractivity contribution in [3.8, 4) is 0 Å². The Kier molecular flexibility index (Phi) is 5.19. The van der Waals surface area contributed by atoms with Gasteiger partial charge in [0.05, 0.1) is 11.7 Å². The summed E-state index contributed by atoms with van der Waals surface area (Å²) in [5.74, 6) is 0. The van der Waals surface area contributed by atoms with Gasteiger partial charge in [0.25, 0.3) is 0 Å². The van der Waals surface area contributed by atoms with E-state index in [4.69, 9.17) is 0 Å². The summed E-state index contributed by atoms with van der Waals surface area (Å²) in [6, 6.07) is 2.33. The molecule has 4 atom stereocenters. The molecule has 1 heterocycles. The monoisotopic (exact) mass is 358 g/mol. The van der Waals surface area contributed by atoms with Crippen LogP contribution in [-0.4, -0.2) is 10.2 Å². The lowest BCUT2D eigenvalue weighted by molar-refractivity contribution is 0.538. The maximum absolute atomic E-state index is 4.30. The first-order valence-electron chi connectivity index (χ1n) is 7.09. The molecule has 4 unspecified atom stereocenters. The molecule has 1 aromatic heterocycles. The predicted molar refractivity (Wildman–Crippen MR) is 108 cm³/mol. The molecule has 1 aromatic carbocycles. The van der Waals surface area contributed by atoms with Gasteiger partial charge in [-0.15, -0.1) is 17.9 Å². The molecule has 6 heteroatoms. The zero-order valence-corrected chi connectivity index (χ0v) is 17.9. The molecule has 0 fully saturated rings. The van der Waals surface area contributed by atoms with Gasteiger partial charge >= 0.3 is 0 Å². The summed E-state index contributed by atoms with van der Waals surface area (Å²) < 4.78 is 0. The van der Waals surface area contributed by atoms with Gasteiger partial charge < -0.3 is 0 Å². The van der Waals surface area contributed by atoms with E-state index in [0.29, 0.717) is 0 Å². The van der Waals surface area contributed by atoms with Crippen LogP contribution in [-0.2, 0) is 10.8 Å². The van der Waals surface area contributed by atoms with Crippen LogP contribution in [0.25, 0.3) is 10.9 Å². The van der Waals surface area contributed by atoms with E-state index in [9.17, 15) is 0 Å². The topological polar surface area (TPSA) is 28.7 Å². The van der Waals surface area contributed by atoms with Crippen molar-refractivity contribution in [1.82, 2.24) is 10.2 Å². The number of rotatable bonds is 2. The Morgan fingerprint density at radius 1 is 1.10 bits per heavy atom. The number of hydrogen-bond acceptors (Lipinski definition) is 1. The Morgan fingerprint density at radius 2 is 1.67 bits per heavy atom. The normalized spacial score (nSPS) is 15.2. The van der Waals surface area contributed by atoms with E-state index < -0.39 is 0 Å². The van der Waals surface area contributed by atoms with E-state index in [-0.39, 0.29) is 18.1 Å². The highest BCUT2D eigenvalue weighted by Crippen LogP contribution is 2.66. The van der Waals surface area contributed by atoms with Crippen LogP contribution < -0.4 is 5.30 Å². The molecule has 21 heavy (non-hydrogen) atoms. The van der Waals surface area contributed by atoms with E-state index in [2.05, 4.69) is 75.7 Å². The molecule has 0 spiro atoms. The lowest BCUT2D eigenvalue weighted by Crippen LogP contribution is -2.28. The van der Waals surface area contributed by atoms with Crippen molar-refractivity contribution in [2.75, 3.05) is 0 Å². The molecule has 0 aliphatic rings. The molecule has 0 radical (unpaired) electrons. The third-order valence-corrected chi connectivity index (χ3v) is 13.7. The fourth-order valence-electron chi connectivity index (χ4n) is 2.87. The highest BCUT2D eigenvalue weighted by molar-refractivity contribution is 8.63. The number of benzene rings is 1. The van der Waals surface area contributed by atoms with Crippen LogP contribution in [0.15, 0.2) is 12.3 Å². The Hall–Kier alpha value is 0.410. The van der Waals surface area contributed by atoms with Crippen molar-refractivity contribution in [1.29, 1.82) is 0 Å². The van der Waals surface area contributed by atoms with Crippen LogP contribution in [0.1, 0.15) is 52.7 Å². The number of fused-ring (bicyclic) bond motifs is 1. The Labute approximate surface area is 135 Å². The van der Waals surface area contributed by atoms with Crippen LogP contribution in [0.5, 0.6) is 0 Å². The van der Waals surface area contributed by atoms with Gasteiger partial charge in [0.2, 0.25) is 0 Å². The van der Waals surface area contributed by atoms with Gasteiger partial charge in [0.15, 0.2) is 0 Å². The van der Waals surface area contributed by atoms with Crippen molar-refractivity contribution in [2.45, 2.75) is 52.4 Å². The van der Waals surface area contributed by atoms with Gasteiger partial charge in [-0.05, 0) is 40.6 Å². The Morgan fingerprint density at radius 3 is 2.14 bits per heavy atom. The molecular formula is C15H26N2P4. The highest BCUT2D eigenvalue weighted by atomic mass is 32.6.